The van der Waals surface area contributed by atoms with E-state index in [2.05, 4.69) is 16.0 Å². The van der Waals surface area contributed by atoms with Gasteiger partial charge in [-0.25, -0.2) is 8.42 Å². The Morgan fingerprint density at radius 3 is 2.50 bits per heavy atom. The second-order valence-electron chi connectivity index (χ2n) is 9.96. The molecule has 1 aliphatic heterocycles. The third-order valence-corrected chi connectivity index (χ3v) is 10.5. The normalized spacial score (nSPS) is 17.3. The lowest BCUT2D eigenvalue weighted by Crippen LogP contribution is -2.19. The molecule has 0 amide bonds. The molecule has 2 aromatic heterocycles. The van der Waals surface area contributed by atoms with Crippen molar-refractivity contribution in [3.8, 4) is 11.4 Å². The number of ether oxygens (including phenoxy) is 2. The highest BCUT2D eigenvalue weighted by Gasteiger charge is 2.37. The van der Waals surface area contributed by atoms with Gasteiger partial charge in [0.05, 0.1) is 33.9 Å². The minimum atomic E-state index is -3.21. The summed E-state index contributed by atoms with van der Waals surface area (Å²) in [6.07, 6.45) is 6.34. The summed E-state index contributed by atoms with van der Waals surface area (Å²) < 4.78 is 36.0. The summed E-state index contributed by atoms with van der Waals surface area (Å²) in [4.78, 5) is 21.1. The second-order valence-corrected chi connectivity index (χ2v) is 13.2. The lowest BCUT2D eigenvalue weighted by atomic mass is 9.83. The fourth-order valence-electron chi connectivity index (χ4n) is 4.95. The third-order valence-electron chi connectivity index (χ3n) is 7.24. The Bertz CT molecular complexity index is 1330. The first-order chi connectivity index (χ1) is 18.4. The van der Waals surface area contributed by atoms with Crippen molar-refractivity contribution in [3.05, 3.63) is 66.0 Å². The predicted octanol–water partition coefficient (Wildman–Crippen LogP) is 5.62. The van der Waals surface area contributed by atoms with Crippen LogP contribution in [0.1, 0.15) is 56.2 Å². The number of pyridine rings is 1. The Balaban J connectivity index is 1.34. The highest BCUT2D eigenvalue weighted by Crippen LogP contribution is 2.37. The molecule has 0 spiro atoms. The molecular formula is C29H34N2O5S2. The molecule has 5 rings (SSSR count). The first-order valence-electron chi connectivity index (χ1n) is 13.3. The van der Waals surface area contributed by atoms with Crippen LogP contribution < -0.4 is 0 Å². The number of H-pyrrole nitrogens is 1. The average Bonchev–Trinajstić information content (AvgIpc) is 3.70. The quantitative estimate of drug-likeness (QED) is 0.243. The first kappa shape index (κ1) is 27.0. The summed E-state index contributed by atoms with van der Waals surface area (Å²) in [5, 5.41) is -0.209. The lowest BCUT2D eigenvalue weighted by Gasteiger charge is -2.27. The van der Waals surface area contributed by atoms with E-state index in [4.69, 9.17) is 9.47 Å². The maximum atomic E-state index is 12.7. The van der Waals surface area contributed by atoms with Gasteiger partial charge < -0.3 is 14.5 Å². The summed E-state index contributed by atoms with van der Waals surface area (Å²) in [5.74, 6) is 0.688. The molecule has 7 nitrogen and oxygen atoms in total. The zero-order chi connectivity index (χ0) is 26.5. The lowest BCUT2D eigenvalue weighted by molar-refractivity contribution is -0.139. The number of hydrogen-bond acceptors (Lipinski definition) is 7. The van der Waals surface area contributed by atoms with Gasteiger partial charge in [-0.2, -0.15) is 0 Å². The van der Waals surface area contributed by atoms with Crippen LogP contribution in [0.15, 0.2) is 64.5 Å². The summed E-state index contributed by atoms with van der Waals surface area (Å²) >= 11 is 1.41. The van der Waals surface area contributed by atoms with E-state index in [0.717, 1.165) is 72.9 Å². The number of thioether (sulfide) groups is 1. The molecule has 202 valence electrons. The number of carbonyl (C=O) groups excluding carboxylic acids is 1. The Labute approximate surface area is 228 Å². The highest BCUT2D eigenvalue weighted by atomic mass is 32.2. The standard InChI is InChI=1S/C29H34N2O5S2/c1-2-36-29(32)19-37-22-5-10-27(30-18-22)28-12-11-26(31-28)25(17-20-13-15-35-16-14-20)21-3-6-23(7-4-21)38(33,34)24-8-9-24/h3-7,10-12,18,20,24-25,31H,2,8-9,13-17,19H2,1H3. The number of benzene rings is 1. The molecule has 1 saturated heterocycles. The van der Waals surface area contributed by atoms with Crippen LogP contribution >= 0.6 is 11.8 Å². The zero-order valence-electron chi connectivity index (χ0n) is 21.6. The molecule has 1 atom stereocenters. The Kier molecular flexibility index (Phi) is 8.55. The van der Waals surface area contributed by atoms with Crippen LogP contribution in [-0.2, 0) is 24.1 Å². The molecule has 1 unspecified atom stereocenters. The first-order valence-corrected chi connectivity index (χ1v) is 15.8. The summed E-state index contributed by atoms with van der Waals surface area (Å²) in [5.41, 5.74) is 3.95. The van der Waals surface area contributed by atoms with Crippen LogP contribution in [0, 0.1) is 5.92 Å². The predicted molar refractivity (Wildman–Crippen MR) is 148 cm³/mol. The molecule has 0 bridgehead atoms. The van der Waals surface area contributed by atoms with Crippen LogP contribution in [-0.4, -0.2) is 55.2 Å². The maximum Gasteiger partial charge on any atom is 0.316 e. The van der Waals surface area contributed by atoms with Gasteiger partial charge in [-0.1, -0.05) is 12.1 Å². The summed E-state index contributed by atoms with van der Waals surface area (Å²) in [6.45, 7) is 3.75. The van der Waals surface area contributed by atoms with Crippen molar-refractivity contribution in [3.63, 3.8) is 0 Å². The van der Waals surface area contributed by atoms with Crippen molar-refractivity contribution in [2.24, 2.45) is 5.92 Å². The van der Waals surface area contributed by atoms with Crippen molar-refractivity contribution in [2.75, 3.05) is 25.6 Å². The van der Waals surface area contributed by atoms with Gasteiger partial charge in [-0.3, -0.25) is 9.78 Å². The fourth-order valence-corrected chi connectivity index (χ4v) is 7.27. The summed E-state index contributed by atoms with van der Waals surface area (Å²) in [7, 11) is -3.21. The van der Waals surface area contributed by atoms with Gasteiger partial charge in [0, 0.05) is 35.9 Å². The van der Waals surface area contributed by atoms with Gasteiger partial charge in [-0.05, 0) is 86.9 Å². The van der Waals surface area contributed by atoms with E-state index < -0.39 is 9.84 Å². The van der Waals surface area contributed by atoms with Crippen LogP contribution in [0.5, 0.6) is 0 Å². The molecule has 1 aliphatic carbocycles. The molecule has 2 aliphatic rings. The molecule has 2 fully saturated rings. The maximum absolute atomic E-state index is 12.7. The van der Waals surface area contributed by atoms with Gasteiger partial charge in [0.15, 0.2) is 9.84 Å². The average molecular weight is 555 g/mol. The number of aromatic amines is 1. The number of esters is 1. The van der Waals surface area contributed by atoms with Crippen LogP contribution in [0.25, 0.3) is 11.4 Å². The molecule has 0 radical (unpaired) electrons. The molecule has 3 aromatic rings. The Hall–Kier alpha value is -2.62. The number of aromatic nitrogens is 2. The Morgan fingerprint density at radius 2 is 1.84 bits per heavy atom. The molecule has 1 aromatic carbocycles. The minimum Gasteiger partial charge on any atom is -0.465 e. The number of hydrogen-bond donors (Lipinski definition) is 1. The van der Waals surface area contributed by atoms with E-state index in [1.807, 2.05) is 30.3 Å². The fraction of sp³-hybridized carbons (Fsp3) is 0.448. The van der Waals surface area contributed by atoms with Gasteiger partial charge in [0.25, 0.3) is 0 Å². The van der Waals surface area contributed by atoms with Crippen molar-refractivity contribution >= 4 is 27.6 Å². The van der Waals surface area contributed by atoms with Gasteiger partial charge >= 0.3 is 5.97 Å². The number of sulfone groups is 1. The second kappa shape index (κ2) is 12.1. The van der Waals surface area contributed by atoms with Gasteiger partial charge in [-0.15, -0.1) is 11.8 Å². The molecule has 38 heavy (non-hydrogen) atoms. The van der Waals surface area contributed by atoms with Crippen molar-refractivity contribution in [1.82, 2.24) is 9.97 Å². The van der Waals surface area contributed by atoms with Crippen LogP contribution in [0.3, 0.4) is 0 Å². The van der Waals surface area contributed by atoms with Crippen LogP contribution in [0.4, 0.5) is 0 Å². The minimum absolute atomic E-state index is 0.115. The van der Waals surface area contributed by atoms with Crippen molar-refractivity contribution in [1.29, 1.82) is 0 Å². The number of nitrogens with one attached hydrogen (secondary N) is 1. The van der Waals surface area contributed by atoms with Gasteiger partial charge in [0.2, 0.25) is 0 Å². The summed E-state index contributed by atoms with van der Waals surface area (Å²) in [6, 6.07) is 15.6. The topological polar surface area (TPSA) is 98.4 Å². The molecule has 1 saturated carbocycles. The highest BCUT2D eigenvalue weighted by molar-refractivity contribution is 8.00. The monoisotopic (exact) mass is 554 g/mol. The molecule has 3 heterocycles. The zero-order valence-corrected chi connectivity index (χ0v) is 23.2. The third kappa shape index (κ3) is 6.50. The number of rotatable bonds is 11. The molecule has 9 heteroatoms. The van der Waals surface area contributed by atoms with E-state index in [9.17, 15) is 13.2 Å². The van der Waals surface area contributed by atoms with E-state index in [1.165, 1.54) is 11.8 Å². The number of carbonyl (C=O) groups is 1. The Morgan fingerprint density at radius 1 is 1.08 bits per heavy atom. The largest absolute Gasteiger partial charge is 0.465 e. The molecular weight excluding hydrogens is 520 g/mol. The van der Waals surface area contributed by atoms with E-state index in [-0.39, 0.29) is 22.9 Å². The molecule has 1 N–H and O–H groups in total. The van der Waals surface area contributed by atoms with Gasteiger partial charge in [0.1, 0.15) is 0 Å². The SMILES string of the molecule is CCOC(=O)CSc1ccc(-c2ccc(C(CC3CCOCC3)c3ccc(S(=O)(=O)C4CC4)cc3)[nH]2)nc1. The van der Waals surface area contributed by atoms with E-state index in [0.29, 0.717) is 17.4 Å². The van der Waals surface area contributed by atoms with Crippen molar-refractivity contribution < 1.29 is 22.7 Å². The van der Waals surface area contributed by atoms with Crippen LogP contribution in [0.2, 0.25) is 0 Å². The van der Waals surface area contributed by atoms with E-state index in [1.54, 1.807) is 25.3 Å². The van der Waals surface area contributed by atoms with E-state index >= 15 is 0 Å². The van der Waals surface area contributed by atoms with Crippen molar-refractivity contribution in [2.45, 2.75) is 60.0 Å². The number of nitrogens with zero attached hydrogens (tertiary/aromatic N) is 1. The smallest absolute Gasteiger partial charge is 0.316 e.